The van der Waals surface area contributed by atoms with E-state index < -0.39 is 47.5 Å². The molecule has 2 saturated heterocycles. The number of nitrogens with one attached hydrogen (secondary N) is 3. The van der Waals surface area contributed by atoms with Crippen LogP contribution in [0.3, 0.4) is 0 Å². The number of carbonyl (C=O) groups is 5. The number of imide groups is 2. The smallest absolute Gasteiger partial charge is 0.399 e. The van der Waals surface area contributed by atoms with Gasteiger partial charge < -0.3 is 21.3 Å². The Labute approximate surface area is 342 Å². The zero-order valence-corrected chi connectivity index (χ0v) is 33.2. The molecule has 5 heterocycles. The zero-order valence-electron chi connectivity index (χ0n) is 33.2. The van der Waals surface area contributed by atoms with E-state index in [-0.39, 0.29) is 47.0 Å². The van der Waals surface area contributed by atoms with Gasteiger partial charge in [-0.1, -0.05) is 18.9 Å². The molecule has 0 saturated carbocycles. The number of likely N-dealkylation sites (tertiary alicyclic amines) is 1. The van der Waals surface area contributed by atoms with Gasteiger partial charge in [-0.25, -0.2) is 9.97 Å². The van der Waals surface area contributed by atoms with Gasteiger partial charge in [0.15, 0.2) is 0 Å². The second-order valence-electron chi connectivity index (χ2n) is 15.6. The van der Waals surface area contributed by atoms with Crippen LogP contribution in [0.5, 0.6) is 0 Å². The Morgan fingerprint density at radius 3 is 2.45 bits per heavy atom. The number of hydrogen-bond donors (Lipinski definition) is 4. The van der Waals surface area contributed by atoms with E-state index in [1.165, 1.54) is 17.0 Å². The van der Waals surface area contributed by atoms with Crippen molar-refractivity contribution in [3.63, 3.8) is 0 Å². The van der Waals surface area contributed by atoms with Crippen molar-refractivity contribution in [1.82, 2.24) is 29.7 Å². The molecule has 7 rings (SSSR count). The van der Waals surface area contributed by atoms with Crippen molar-refractivity contribution in [1.29, 1.82) is 0 Å². The molecular weight excluding hydrogens is 784 g/mol. The first kappa shape index (κ1) is 41.8. The van der Waals surface area contributed by atoms with Crippen LogP contribution in [0.25, 0.3) is 11.0 Å². The molecular formula is C42H46F3N9O6. The highest BCUT2D eigenvalue weighted by molar-refractivity contribution is 6.25. The summed E-state index contributed by atoms with van der Waals surface area (Å²) in [6.45, 7) is 3.20. The molecule has 0 radical (unpaired) electrons. The highest BCUT2D eigenvalue weighted by Crippen LogP contribution is 2.36. The molecule has 2 atom stereocenters. The molecule has 0 bridgehead atoms. The summed E-state index contributed by atoms with van der Waals surface area (Å²) in [4.78, 5) is 88.6. The predicted octanol–water partition coefficient (Wildman–Crippen LogP) is 5.27. The number of aryl methyl sites for hydroxylation is 1. The number of nitrogen functional groups attached to an aromatic ring is 1. The Balaban J connectivity index is 0.884. The summed E-state index contributed by atoms with van der Waals surface area (Å²) in [5.74, 6) is -1.94. The SMILES string of the molecule is C[C@@H](Nc1ncnc2c1cc(C1CCN(C(=O)CCCCCCNc3cccc4c3C(=O)N(C3CCC(=O)NC3=O)C4=O)CC1)c(=O)n2C)c1cc(N)cc(C(F)(F)F)c1. The Morgan fingerprint density at radius 2 is 1.72 bits per heavy atom. The van der Waals surface area contributed by atoms with Gasteiger partial charge in [0.05, 0.1) is 28.1 Å². The van der Waals surface area contributed by atoms with Crippen LogP contribution < -0.4 is 27.2 Å². The average Bonchev–Trinajstić information content (AvgIpc) is 3.47. The standard InChI is InChI=1S/C42H46F3N9O6/c1-23(25-18-26(42(43,44)45)20-27(46)19-25)50-36-30-21-29(39(58)52(2)37(30)49-22-48-36)24-13-16-53(17-14-24)34(56)10-5-3-4-6-15-47-31-9-7-8-28-35(31)41(60)54(40(28)59)32-11-12-33(55)51-38(32)57/h7-9,18-24,32,47H,3-6,10-17,46H2,1-2H3,(H,48,49,50)(H,51,55,57)/t23-,32?/m1/s1. The molecule has 15 nitrogen and oxygen atoms in total. The van der Waals surface area contributed by atoms with Gasteiger partial charge in [0.2, 0.25) is 17.7 Å². The van der Waals surface area contributed by atoms with Crippen molar-refractivity contribution >= 4 is 57.8 Å². The van der Waals surface area contributed by atoms with Crippen LogP contribution in [0, 0.1) is 0 Å². The van der Waals surface area contributed by atoms with Crippen molar-refractivity contribution in [2.24, 2.45) is 7.05 Å². The van der Waals surface area contributed by atoms with Gasteiger partial charge in [-0.3, -0.25) is 43.6 Å². The molecule has 60 heavy (non-hydrogen) atoms. The molecule has 3 aliphatic rings. The summed E-state index contributed by atoms with van der Waals surface area (Å²) in [7, 11) is 1.62. The fraction of sp³-hybridized carbons (Fsp3) is 0.429. The predicted molar refractivity (Wildman–Crippen MR) is 216 cm³/mol. The number of carbonyl (C=O) groups excluding carboxylic acids is 5. The van der Waals surface area contributed by atoms with Gasteiger partial charge in [0, 0.05) is 56.5 Å². The summed E-state index contributed by atoms with van der Waals surface area (Å²) in [6, 6.07) is 8.45. The number of nitrogens with zero attached hydrogens (tertiary/aromatic N) is 5. The number of rotatable bonds is 13. The number of aromatic nitrogens is 3. The monoisotopic (exact) mass is 829 g/mol. The number of halogens is 3. The van der Waals surface area contributed by atoms with Gasteiger partial charge in [-0.05, 0) is 86.9 Å². The molecule has 18 heteroatoms. The summed E-state index contributed by atoms with van der Waals surface area (Å²) in [5, 5.41) is 9.18. The van der Waals surface area contributed by atoms with Crippen molar-refractivity contribution < 1.29 is 37.1 Å². The third-order valence-electron chi connectivity index (χ3n) is 11.6. The minimum Gasteiger partial charge on any atom is -0.399 e. The number of unbranched alkanes of at least 4 members (excludes halogenated alkanes) is 3. The summed E-state index contributed by atoms with van der Waals surface area (Å²) in [5.41, 5.74) is 6.90. The molecule has 5 amide bonds. The Hall–Kier alpha value is -6.33. The number of piperidine rings is 2. The number of anilines is 3. The normalized spacial score (nSPS) is 17.9. The fourth-order valence-electron chi connectivity index (χ4n) is 8.32. The summed E-state index contributed by atoms with van der Waals surface area (Å²) >= 11 is 0. The molecule has 2 aromatic heterocycles. The molecule has 316 valence electrons. The topological polar surface area (TPSA) is 202 Å². The minimum atomic E-state index is -4.56. The van der Waals surface area contributed by atoms with E-state index in [0.717, 1.165) is 36.3 Å². The largest absolute Gasteiger partial charge is 0.416 e. The molecule has 5 N–H and O–H groups in total. The minimum absolute atomic E-state index is 0.0169. The third kappa shape index (κ3) is 8.54. The molecule has 4 aromatic rings. The van der Waals surface area contributed by atoms with Crippen LogP contribution in [0.1, 0.15) is 114 Å². The molecule has 2 aromatic carbocycles. The lowest BCUT2D eigenvalue weighted by atomic mass is 9.89. The molecule has 3 aliphatic heterocycles. The third-order valence-corrected chi connectivity index (χ3v) is 11.6. The molecule has 0 spiro atoms. The van der Waals surface area contributed by atoms with E-state index in [2.05, 4.69) is 25.9 Å². The van der Waals surface area contributed by atoms with E-state index in [9.17, 15) is 41.9 Å². The van der Waals surface area contributed by atoms with Crippen LogP contribution in [-0.4, -0.2) is 79.5 Å². The van der Waals surface area contributed by atoms with Crippen molar-refractivity contribution in [3.8, 4) is 0 Å². The van der Waals surface area contributed by atoms with E-state index in [4.69, 9.17) is 5.73 Å². The van der Waals surface area contributed by atoms with Crippen LogP contribution in [0.4, 0.5) is 30.4 Å². The number of nitrogens with two attached hydrogens (primary N) is 1. The molecule has 0 aliphatic carbocycles. The number of benzene rings is 2. The van der Waals surface area contributed by atoms with E-state index >= 15 is 0 Å². The highest BCUT2D eigenvalue weighted by atomic mass is 19.4. The van der Waals surface area contributed by atoms with E-state index in [1.807, 2.05) is 4.90 Å². The summed E-state index contributed by atoms with van der Waals surface area (Å²) < 4.78 is 41.9. The first-order chi connectivity index (χ1) is 28.6. The van der Waals surface area contributed by atoms with Crippen molar-refractivity contribution in [2.75, 3.05) is 36.0 Å². The lowest BCUT2D eigenvalue weighted by Gasteiger charge is -2.32. The quantitative estimate of drug-likeness (QED) is 0.0777. The van der Waals surface area contributed by atoms with Gasteiger partial charge in [-0.15, -0.1) is 0 Å². The Morgan fingerprint density at radius 1 is 0.967 bits per heavy atom. The second-order valence-corrected chi connectivity index (χ2v) is 15.6. The summed E-state index contributed by atoms with van der Waals surface area (Å²) in [6.07, 6.45) is 1.49. The highest BCUT2D eigenvalue weighted by Gasteiger charge is 2.45. The lowest BCUT2D eigenvalue weighted by molar-refractivity contribution is -0.138. The van der Waals surface area contributed by atoms with Crippen molar-refractivity contribution in [3.05, 3.63) is 87.0 Å². The van der Waals surface area contributed by atoms with Crippen molar-refractivity contribution in [2.45, 2.75) is 88.9 Å². The second kappa shape index (κ2) is 17.1. The number of alkyl halides is 3. The fourth-order valence-corrected chi connectivity index (χ4v) is 8.32. The van der Waals surface area contributed by atoms with Crippen LogP contribution >= 0.6 is 0 Å². The number of amides is 5. The molecule has 2 fully saturated rings. The van der Waals surface area contributed by atoms with Crippen LogP contribution in [0.15, 0.2) is 53.6 Å². The van der Waals surface area contributed by atoms with Crippen LogP contribution in [-0.2, 0) is 27.6 Å². The first-order valence-corrected chi connectivity index (χ1v) is 20.1. The van der Waals surface area contributed by atoms with Gasteiger partial charge in [0.25, 0.3) is 17.4 Å². The van der Waals surface area contributed by atoms with Gasteiger partial charge in [0.1, 0.15) is 23.8 Å². The Kier molecular flexibility index (Phi) is 11.9. The Bertz CT molecular complexity index is 2430. The number of hydrogen-bond acceptors (Lipinski definition) is 11. The number of fused-ring (bicyclic) bond motifs is 2. The maximum absolute atomic E-state index is 13.5. The van der Waals surface area contributed by atoms with Gasteiger partial charge >= 0.3 is 6.18 Å². The van der Waals surface area contributed by atoms with E-state index in [1.54, 1.807) is 38.2 Å². The zero-order chi connectivity index (χ0) is 42.9. The van der Waals surface area contributed by atoms with E-state index in [0.29, 0.717) is 79.0 Å². The van der Waals surface area contributed by atoms with Gasteiger partial charge in [-0.2, -0.15) is 13.2 Å². The maximum Gasteiger partial charge on any atom is 0.416 e. The lowest BCUT2D eigenvalue weighted by Crippen LogP contribution is -2.54. The maximum atomic E-state index is 13.5. The average molecular weight is 830 g/mol. The first-order valence-electron chi connectivity index (χ1n) is 20.1. The molecule has 1 unspecified atom stereocenters. The number of pyridine rings is 1. The van der Waals surface area contributed by atoms with Crippen LogP contribution in [0.2, 0.25) is 0 Å².